The molecule has 0 saturated carbocycles. The van der Waals surface area contributed by atoms with Gasteiger partial charge < -0.3 is 20.9 Å². The van der Waals surface area contributed by atoms with Crippen molar-refractivity contribution in [3.05, 3.63) is 0 Å². The quantitative estimate of drug-likeness (QED) is 0.697. The first-order valence-electron chi connectivity index (χ1n) is 7.95. The Balaban J connectivity index is 1.85. The molecule has 0 amide bonds. The topological polar surface area (TPSA) is 83.2 Å². The molecule has 0 spiro atoms. The minimum Gasteiger partial charge on any atom is -0.368 e. The summed E-state index contributed by atoms with van der Waals surface area (Å²) in [6.45, 7) is 10.5. The van der Waals surface area contributed by atoms with Crippen molar-refractivity contribution in [1.82, 2.24) is 19.9 Å². The van der Waals surface area contributed by atoms with Gasteiger partial charge in [0, 0.05) is 19.6 Å². The van der Waals surface area contributed by atoms with Gasteiger partial charge in [0.05, 0.1) is 0 Å². The van der Waals surface area contributed by atoms with Gasteiger partial charge in [-0.15, -0.1) is 0 Å². The average molecular weight is 293 g/mol. The Morgan fingerprint density at radius 3 is 2.52 bits per heavy atom. The van der Waals surface area contributed by atoms with Gasteiger partial charge in [0.1, 0.15) is 0 Å². The van der Waals surface area contributed by atoms with Crippen LogP contribution in [-0.4, -0.2) is 59.1 Å². The van der Waals surface area contributed by atoms with E-state index in [1.807, 2.05) is 0 Å². The molecule has 2 rings (SSSR count). The van der Waals surface area contributed by atoms with Crippen LogP contribution in [0.1, 0.15) is 33.1 Å². The van der Waals surface area contributed by atoms with E-state index in [1.54, 1.807) is 0 Å². The number of nitrogen functional groups attached to an aromatic ring is 1. The van der Waals surface area contributed by atoms with E-state index in [9.17, 15) is 0 Å². The van der Waals surface area contributed by atoms with E-state index >= 15 is 0 Å². The van der Waals surface area contributed by atoms with Crippen LogP contribution in [0.25, 0.3) is 0 Å². The highest BCUT2D eigenvalue weighted by molar-refractivity contribution is 5.42. The summed E-state index contributed by atoms with van der Waals surface area (Å²) in [4.78, 5) is 17.4. The predicted molar refractivity (Wildman–Crippen MR) is 86.6 cm³/mol. The Labute approximate surface area is 127 Å². The fourth-order valence-electron chi connectivity index (χ4n) is 2.56. The van der Waals surface area contributed by atoms with Crippen molar-refractivity contribution >= 4 is 17.8 Å². The SMILES string of the molecule is CCN(CC)CCCNc1nc(N)nc(N2CCCC2)n1. The van der Waals surface area contributed by atoms with Crippen molar-refractivity contribution in [2.75, 3.05) is 55.2 Å². The van der Waals surface area contributed by atoms with Gasteiger partial charge in [-0.2, -0.15) is 15.0 Å². The highest BCUT2D eigenvalue weighted by Gasteiger charge is 2.16. The summed E-state index contributed by atoms with van der Waals surface area (Å²) in [5.74, 6) is 1.58. The number of hydrogen-bond donors (Lipinski definition) is 2. The molecule has 118 valence electrons. The summed E-state index contributed by atoms with van der Waals surface area (Å²) in [6, 6.07) is 0. The van der Waals surface area contributed by atoms with E-state index < -0.39 is 0 Å². The van der Waals surface area contributed by atoms with Crippen molar-refractivity contribution in [2.45, 2.75) is 33.1 Å². The van der Waals surface area contributed by atoms with Crippen LogP contribution < -0.4 is 16.0 Å². The Morgan fingerprint density at radius 2 is 1.86 bits per heavy atom. The highest BCUT2D eigenvalue weighted by Crippen LogP contribution is 2.17. The van der Waals surface area contributed by atoms with Crippen molar-refractivity contribution in [2.24, 2.45) is 0 Å². The summed E-state index contributed by atoms with van der Waals surface area (Å²) in [5.41, 5.74) is 5.79. The zero-order valence-electron chi connectivity index (χ0n) is 13.2. The van der Waals surface area contributed by atoms with Crippen LogP contribution >= 0.6 is 0 Å². The number of rotatable bonds is 8. The molecule has 0 radical (unpaired) electrons. The van der Waals surface area contributed by atoms with E-state index in [0.717, 1.165) is 45.7 Å². The van der Waals surface area contributed by atoms with E-state index in [0.29, 0.717) is 11.9 Å². The largest absolute Gasteiger partial charge is 0.368 e. The molecule has 1 aliphatic heterocycles. The molecule has 0 aromatic carbocycles. The smallest absolute Gasteiger partial charge is 0.231 e. The van der Waals surface area contributed by atoms with Gasteiger partial charge in [-0.25, -0.2) is 0 Å². The van der Waals surface area contributed by atoms with Gasteiger partial charge in [0.2, 0.25) is 17.8 Å². The third-order valence-electron chi connectivity index (χ3n) is 3.86. The monoisotopic (exact) mass is 293 g/mol. The first-order valence-corrected chi connectivity index (χ1v) is 7.95. The van der Waals surface area contributed by atoms with Crippen LogP contribution in [-0.2, 0) is 0 Å². The van der Waals surface area contributed by atoms with E-state index in [2.05, 4.69) is 43.9 Å². The number of nitrogens with one attached hydrogen (secondary N) is 1. The van der Waals surface area contributed by atoms with Gasteiger partial charge in [-0.1, -0.05) is 13.8 Å². The van der Waals surface area contributed by atoms with E-state index in [4.69, 9.17) is 5.73 Å². The zero-order chi connectivity index (χ0) is 15.1. The maximum absolute atomic E-state index is 5.79. The van der Waals surface area contributed by atoms with Crippen molar-refractivity contribution < 1.29 is 0 Å². The third kappa shape index (κ3) is 4.70. The molecule has 7 nitrogen and oxygen atoms in total. The summed E-state index contributed by atoms with van der Waals surface area (Å²) in [6.07, 6.45) is 3.45. The normalized spacial score (nSPS) is 14.9. The molecular formula is C14H27N7. The lowest BCUT2D eigenvalue weighted by molar-refractivity contribution is 0.303. The minimum absolute atomic E-state index is 0.290. The molecule has 7 heteroatoms. The molecule has 21 heavy (non-hydrogen) atoms. The molecule has 1 aliphatic rings. The van der Waals surface area contributed by atoms with Crippen LogP contribution in [0.4, 0.5) is 17.8 Å². The van der Waals surface area contributed by atoms with Crippen LogP contribution in [0.2, 0.25) is 0 Å². The van der Waals surface area contributed by atoms with Gasteiger partial charge in [-0.3, -0.25) is 0 Å². The standard InChI is InChI=1S/C14H27N7/c1-3-20(4-2)9-7-8-16-13-17-12(15)18-14(19-13)21-10-5-6-11-21/h3-11H2,1-2H3,(H3,15,16,17,18,19). The molecule has 2 heterocycles. The second kappa shape index (κ2) is 7.97. The van der Waals surface area contributed by atoms with Gasteiger partial charge in [0.25, 0.3) is 0 Å². The Morgan fingerprint density at radius 1 is 1.14 bits per heavy atom. The van der Waals surface area contributed by atoms with Crippen LogP contribution in [0.15, 0.2) is 0 Å². The molecule has 1 aromatic heterocycles. The molecule has 1 aromatic rings. The van der Waals surface area contributed by atoms with Crippen molar-refractivity contribution in [1.29, 1.82) is 0 Å². The Kier molecular flexibility index (Phi) is 5.98. The molecule has 0 aliphatic carbocycles. The second-order valence-electron chi connectivity index (χ2n) is 5.32. The number of nitrogens with zero attached hydrogens (tertiary/aromatic N) is 5. The number of nitrogens with two attached hydrogens (primary N) is 1. The number of anilines is 3. The fraction of sp³-hybridized carbons (Fsp3) is 0.786. The molecule has 0 bridgehead atoms. The van der Waals surface area contributed by atoms with Gasteiger partial charge in [-0.05, 0) is 38.9 Å². The van der Waals surface area contributed by atoms with Crippen LogP contribution in [0, 0.1) is 0 Å². The lowest BCUT2D eigenvalue weighted by Crippen LogP contribution is -2.26. The van der Waals surface area contributed by atoms with Crippen LogP contribution in [0.5, 0.6) is 0 Å². The molecule has 3 N–H and O–H groups in total. The first kappa shape index (κ1) is 15.8. The summed E-state index contributed by atoms with van der Waals surface area (Å²) >= 11 is 0. The highest BCUT2D eigenvalue weighted by atomic mass is 15.3. The third-order valence-corrected chi connectivity index (χ3v) is 3.86. The minimum atomic E-state index is 0.290. The summed E-state index contributed by atoms with van der Waals surface area (Å²) < 4.78 is 0. The maximum atomic E-state index is 5.79. The first-order chi connectivity index (χ1) is 10.2. The van der Waals surface area contributed by atoms with Gasteiger partial charge in [0.15, 0.2) is 0 Å². The van der Waals surface area contributed by atoms with E-state index in [-0.39, 0.29) is 5.95 Å². The molecular weight excluding hydrogens is 266 g/mol. The zero-order valence-corrected chi connectivity index (χ0v) is 13.2. The Bertz CT molecular complexity index is 427. The summed E-state index contributed by atoms with van der Waals surface area (Å²) in [5, 5.41) is 3.26. The van der Waals surface area contributed by atoms with Crippen molar-refractivity contribution in [3.63, 3.8) is 0 Å². The van der Waals surface area contributed by atoms with Crippen LogP contribution in [0.3, 0.4) is 0 Å². The molecule has 0 atom stereocenters. The molecule has 1 saturated heterocycles. The lowest BCUT2D eigenvalue weighted by atomic mass is 10.3. The summed E-state index contributed by atoms with van der Waals surface area (Å²) in [7, 11) is 0. The molecule has 0 unspecified atom stereocenters. The lowest BCUT2D eigenvalue weighted by Gasteiger charge is -2.18. The average Bonchev–Trinajstić information content (AvgIpc) is 3.01. The second-order valence-corrected chi connectivity index (χ2v) is 5.32. The predicted octanol–water partition coefficient (Wildman–Crippen LogP) is 1.20. The number of aromatic nitrogens is 3. The fourth-order valence-corrected chi connectivity index (χ4v) is 2.56. The molecule has 1 fully saturated rings. The van der Waals surface area contributed by atoms with Gasteiger partial charge >= 0.3 is 0 Å². The number of hydrogen-bond acceptors (Lipinski definition) is 7. The van der Waals surface area contributed by atoms with E-state index in [1.165, 1.54) is 12.8 Å². The Hall–Kier alpha value is -1.63. The van der Waals surface area contributed by atoms with Crippen molar-refractivity contribution in [3.8, 4) is 0 Å². The maximum Gasteiger partial charge on any atom is 0.231 e.